The van der Waals surface area contributed by atoms with Gasteiger partial charge in [-0.25, -0.2) is 4.39 Å². The molecule has 1 aliphatic rings. The van der Waals surface area contributed by atoms with Crippen molar-refractivity contribution in [1.29, 1.82) is 0 Å². The zero-order chi connectivity index (χ0) is 9.35. The summed E-state index contributed by atoms with van der Waals surface area (Å²) >= 11 is 0. The van der Waals surface area contributed by atoms with Crippen LogP contribution in [0.1, 0.15) is 26.2 Å². The topological polar surface area (TPSA) is 0 Å². The fourth-order valence-corrected chi connectivity index (χ4v) is 1.35. The van der Waals surface area contributed by atoms with Crippen LogP contribution in [0.15, 0.2) is 11.4 Å². The highest BCUT2D eigenvalue weighted by Crippen LogP contribution is 2.39. The molecule has 1 unspecified atom stereocenters. The first kappa shape index (κ1) is 9.55. The average molecular weight is 182 g/mol. The normalized spacial score (nSPS) is 26.2. The predicted octanol–water partition coefficient (Wildman–Crippen LogP) is 3.59. The summed E-state index contributed by atoms with van der Waals surface area (Å²) in [5.74, 6) is -0.933. The lowest BCUT2D eigenvalue weighted by Gasteiger charge is -2.21. The number of hydrogen-bond acceptors (Lipinski definition) is 0. The maximum atomic E-state index is 12.8. The Morgan fingerprint density at radius 3 is 2.33 bits per heavy atom. The number of allylic oxidation sites excluding steroid dienone is 2. The third-order valence-corrected chi connectivity index (χ3v) is 2.08. The molecule has 0 heterocycles. The Morgan fingerprint density at radius 2 is 1.92 bits per heavy atom. The van der Waals surface area contributed by atoms with E-state index in [2.05, 4.69) is 0 Å². The molecule has 0 bridgehead atoms. The molecule has 0 saturated heterocycles. The Balaban J connectivity index is 2.83. The van der Waals surface area contributed by atoms with Gasteiger partial charge in [-0.3, -0.25) is 0 Å². The molecule has 0 aromatic rings. The number of halogens is 4. The Labute approximate surface area is 68.3 Å². The lowest BCUT2D eigenvalue weighted by Crippen LogP contribution is -2.18. The highest BCUT2D eigenvalue weighted by atomic mass is 19.4. The number of rotatable bonds is 0. The van der Waals surface area contributed by atoms with Gasteiger partial charge in [0, 0.05) is 6.42 Å². The van der Waals surface area contributed by atoms with Crippen molar-refractivity contribution < 1.29 is 17.6 Å². The van der Waals surface area contributed by atoms with Crippen molar-refractivity contribution >= 4 is 0 Å². The Kier molecular flexibility index (Phi) is 2.44. The van der Waals surface area contributed by atoms with Crippen molar-refractivity contribution in [2.75, 3.05) is 0 Å². The van der Waals surface area contributed by atoms with E-state index in [1.54, 1.807) is 6.92 Å². The zero-order valence-corrected chi connectivity index (χ0v) is 6.71. The van der Waals surface area contributed by atoms with E-state index >= 15 is 0 Å². The van der Waals surface area contributed by atoms with E-state index in [1.807, 2.05) is 0 Å². The highest BCUT2D eigenvalue weighted by molar-refractivity contribution is 5.17. The summed E-state index contributed by atoms with van der Waals surface area (Å²) in [7, 11) is 0. The van der Waals surface area contributed by atoms with Crippen LogP contribution in [0.25, 0.3) is 0 Å². The standard InChI is InChI=1S/C8H10F4/c1-5-2-3-6(7(9)4-5)8(10,11)12/h5H,2-4H2,1H3. The van der Waals surface area contributed by atoms with Crippen LogP contribution in [0.2, 0.25) is 0 Å². The molecule has 0 N–H and O–H groups in total. The van der Waals surface area contributed by atoms with Gasteiger partial charge in [0.2, 0.25) is 0 Å². The molecule has 0 aliphatic heterocycles. The van der Waals surface area contributed by atoms with Gasteiger partial charge in [-0.1, -0.05) is 6.92 Å². The minimum Gasteiger partial charge on any atom is -0.212 e. The molecule has 1 atom stereocenters. The molecule has 0 nitrogen and oxygen atoms in total. The summed E-state index contributed by atoms with van der Waals surface area (Å²) in [6.45, 7) is 1.76. The minimum atomic E-state index is -4.47. The molecule has 0 aromatic heterocycles. The minimum absolute atomic E-state index is 0.0381. The van der Waals surface area contributed by atoms with Crippen LogP contribution in [0.4, 0.5) is 17.6 Å². The quantitative estimate of drug-likeness (QED) is 0.502. The molecule has 0 saturated carbocycles. The maximum absolute atomic E-state index is 12.8. The largest absolute Gasteiger partial charge is 0.415 e. The Bertz CT molecular complexity index is 202. The van der Waals surface area contributed by atoms with Gasteiger partial charge in [0.05, 0.1) is 5.57 Å². The van der Waals surface area contributed by atoms with Crippen molar-refractivity contribution in [2.24, 2.45) is 5.92 Å². The van der Waals surface area contributed by atoms with Crippen LogP contribution in [0.5, 0.6) is 0 Å². The molecule has 0 fully saturated rings. The van der Waals surface area contributed by atoms with Gasteiger partial charge in [-0.2, -0.15) is 13.2 Å². The summed E-state index contributed by atoms with van der Waals surface area (Å²) in [6, 6.07) is 0. The van der Waals surface area contributed by atoms with E-state index < -0.39 is 17.6 Å². The molecule has 70 valence electrons. The fraction of sp³-hybridized carbons (Fsp3) is 0.750. The summed E-state index contributed by atoms with van der Waals surface area (Å²) in [4.78, 5) is 0. The van der Waals surface area contributed by atoms with Crippen LogP contribution in [-0.2, 0) is 0 Å². The third-order valence-electron chi connectivity index (χ3n) is 2.08. The first-order valence-corrected chi connectivity index (χ1v) is 3.86. The maximum Gasteiger partial charge on any atom is 0.415 e. The van der Waals surface area contributed by atoms with Gasteiger partial charge in [-0.05, 0) is 18.8 Å². The number of alkyl halides is 3. The van der Waals surface area contributed by atoms with Crippen LogP contribution in [0, 0.1) is 5.92 Å². The predicted molar refractivity (Wildman–Crippen MR) is 37.2 cm³/mol. The van der Waals surface area contributed by atoms with Crippen LogP contribution in [-0.4, -0.2) is 6.18 Å². The molecule has 4 heteroatoms. The molecule has 1 aliphatic carbocycles. The average Bonchev–Trinajstić information content (AvgIpc) is 1.83. The summed E-state index contributed by atoms with van der Waals surface area (Å²) < 4.78 is 48.8. The van der Waals surface area contributed by atoms with E-state index in [9.17, 15) is 17.6 Å². The monoisotopic (exact) mass is 182 g/mol. The van der Waals surface area contributed by atoms with E-state index in [1.165, 1.54) is 0 Å². The molecular weight excluding hydrogens is 172 g/mol. The lowest BCUT2D eigenvalue weighted by molar-refractivity contribution is -0.0978. The fourth-order valence-electron chi connectivity index (χ4n) is 1.35. The van der Waals surface area contributed by atoms with Gasteiger partial charge < -0.3 is 0 Å². The second-order valence-electron chi connectivity index (χ2n) is 3.23. The second-order valence-corrected chi connectivity index (χ2v) is 3.23. The zero-order valence-electron chi connectivity index (χ0n) is 6.71. The summed E-state index contributed by atoms with van der Waals surface area (Å²) in [6.07, 6.45) is -4.27. The molecule has 0 amide bonds. The molecule has 0 spiro atoms. The van der Waals surface area contributed by atoms with Crippen molar-refractivity contribution in [3.63, 3.8) is 0 Å². The lowest BCUT2D eigenvalue weighted by atomic mass is 9.90. The summed E-state index contributed by atoms with van der Waals surface area (Å²) in [5, 5.41) is 0. The molecule has 0 aromatic carbocycles. The first-order valence-electron chi connectivity index (χ1n) is 3.86. The third kappa shape index (κ3) is 1.99. The Morgan fingerprint density at radius 1 is 1.33 bits per heavy atom. The molecule has 12 heavy (non-hydrogen) atoms. The van der Waals surface area contributed by atoms with Gasteiger partial charge in [0.15, 0.2) is 0 Å². The van der Waals surface area contributed by atoms with Gasteiger partial charge in [-0.15, -0.1) is 0 Å². The van der Waals surface area contributed by atoms with Crippen LogP contribution in [0.3, 0.4) is 0 Å². The molecule has 1 rings (SSSR count). The van der Waals surface area contributed by atoms with Gasteiger partial charge >= 0.3 is 6.18 Å². The number of hydrogen-bond donors (Lipinski definition) is 0. The van der Waals surface area contributed by atoms with Crippen molar-refractivity contribution in [1.82, 2.24) is 0 Å². The van der Waals surface area contributed by atoms with E-state index in [0.29, 0.717) is 6.42 Å². The van der Waals surface area contributed by atoms with Crippen LogP contribution >= 0.6 is 0 Å². The molecule has 0 radical (unpaired) electrons. The van der Waals surface area contributed by atoms with Crippen LogP contribution < -0.4 is 0 Å². The van der Waals surface area contributed by atoms with Crippen molar-refractivity contribution in [2.45, 2.75) is 32.4 Å². The van der Waals surface area contributed by atoms with E-state index in [4.69, 9.17) is 0 Å². The SMILES string of the molecule is CC1CCC(C(F)(F)F)=C(F)C1. The van der Waals surface area contributed by atoms with Gasteiger partial charge in [0.1, 0.15) is 5.83 Å². The summed E-state index contributed by atoms with van der Waals surface area (Å²) in [5.41, 5.74) is -0.958. The van der Waals surface area contributed by atoms with E-state index in [-0.39, 0.29) is 18.8 Å². The molecular formula is C8H10F4. The smallest absolute Gasteiger partial charge is 0.212 e. The van der Waals surface area contributed by atoms with Crippen molar-refractivity contribution in [3.8, 4) is 0 Å². The van der Waals surface area contributed by atoms with E-state index in [0.717, 1.165) is 0 Å². The van der Waals surface area contributed by atoms with Crippen molar-refractivity contribution in [3.05, 3.63) is 11.4 Å². The highest BCUT2D eigenvalue weighted by Gasteiger charge is 2.38. The van der Waals surface area contributed by atoms with Gasteiger partial charge in [0.25, 0.3) is 0 Å². The first-order chi connectivity index (χ1) is 5.41. The Hall–Kier alpha value is -0.540. The second kappa shape index (κ2) is 3.07.